The molecule has 66 valence electrons. The maximum atomic E-state index is 12.3. The lowest BCUT2D eigenvalue weighted by Crippen LogP contribution is -2.02. The van der Waals surface area contributed by atoms with Crippen LogP contribution < -0.4 is 0 Å². The largest absolute Gasteiger partial charge is 0.316 e. The second-order valence-corrected chi connectivity index (χ2v) is 3.43. The Morgan fingerprint density at radius 1 is 1.17 bits per heavy atom. The van der Waals surface area contributed by atoms with E-state index in [1.807, 2.05) is 0 Å². The molecule has 0 heterocycles. The van der Waals surface area contributed by atoms with Crippen LogP contribution in [0.25, 0.3) is 0 Å². The van der Waals surface area contributed by atoms with E-state index >= 15 is 0 Å². The molecule has 0 fully saturated rings. The Labute approximate surface area is 69.7 Å². The van der Waals surface area contributed by atoms with Gasteiger partial charge in [0, 0.05) is 4.90 Å². The summed E-state index contributed by atoms with van der Waals surface area (Å²) in [5.41, 5.74) is 0. The van der Waals surface area contributed by atoms with Crippen LogP contribution in [0.3, 0.4) is 0 Å². The van der Waals surface area contributed by atoms with Gasteiger partial charge in [-0.25, -0.2) is 8.60 Å². The summed E-state index contributed by atoms with van der Waals surface area (Å²) in [6, 6.07) is 4.15. The number of benzene rings is 1. The monoisotopic (exact) mass is 194 g/mol. The summed E-state index contributed by atoms with van der Waals surface area (Å²) in [5.74, 6) is -3.46. The van der Waals surface area contributed by atoms with Gasteiger partial charge in [-0.15, -0.1) is 0 Å². The molecule has 0 aliphatic heterocycles. The number of halogens is 3. The number of hydrogen-bond donors (Lipinski definition) is 0. The molecule has 12 heavy (non-hydrogen) atoms. The smallest absolute Gasteiger partial charge is 0.248 e. The summed E-state index contributed by atoms with van der Waals surface area (Å²) in [6.45, 7) is 0. The maximum absolute atomic E-state index is 12.3. The minimum Gasteiger partial charge on any atom is -0.248 e. The minimum absolute atomic E-state index is 0.0635. The Kier molecular flexibility index (Phi) is 2.86. The Balaban J connectivity index is 2.90. The topological polar surface area (TPSA) is 17.1 Å². The fourth-order valence-electron chi connectivity index (χ4n) is 0.672. The molecule has 1 rings (SSSR count). The third-order valence-electron chi connectivity index (χ3n) is 1.21. The molecule has 0 N–H and O–H groups in total. The molecular formula is C7H5F3OS. The van der Waals surface area contributed by atoms with E-state index in [9.17, 15) is 17.4 Å². The molecule has 1 aromatic rings. The molecule has 0 bridgehead atoms. The molecule has 0 aromatic heterocycles. The van der Waals surface area contributed by atoms with Gasteiger partial charge in [0.1, 0.15) is 16.6 Å². The maximum Gasteiger partial charge on any atom is 0.316 e. The lowest BCUT2D eigenvalue weighted by molar-refractivity contribution is 0.244. The predicted octanol–water partition coefficient (Wildman–Crippen LogP) is 2.16. The van der Waals surface area contributed by atoms with Crippen molar-refractivity contribution < 1.29 is 17.4 Å². The van der Waals surface area contributed by atoms with E-state index in [4.69, 9.17) is 0 Å². The standard InChI is InChI=1S/C7H5F3OS/c8-5-1-3-6(4-2-5)12(11)7(9)10/h1-4,7H. The van der Waals surface area contributed by atoms with Crippen LogP contribution in [-0.2, 0) is 10.8 Å². The summed E-state index contributed by atoms with van der Waals surface area (Å²) in [6.07, 6.45) is 0. The third kappa shape index (κ3) is 2.07. The van der Waals surface area contributed by atoms with Crippen molar-refractivity contribution in [2.75, 3.05) is 0 Å². The van der Waals surface area contributed by atoms with Crippen molar-refractivity contribution in [1.82, 2.24) is 0 Å². The molecule has 0 radical (unpaired) electrons. The fraction of sp³-hybridized carbons (Fsp3) is 0.143. The lowest BCUT2D eigenvalue weighted by atomic mass is 10.4. The minimum atomic E-state index is -2.92. The molecule has 1 atom stereocenters. The van der Waals surface area contributed by atoms with Crippen molar-refractivity contribution in [3.05, 3.63) is 30.1 Å². The highest BCUT2D eigenvalue weighted by atomic mass is 32.2. The molecule has 0 aliphatic carbocycles. The van der Waals surface area contributed by atoms with Gasteiger partial charge in [0.05, 0.1) is 0 Å². The average Bonchev–Trinajstić information content (AvgIpc) is 2.04. The summed E-state index contributed by atoms with van der Waals surface area (Å²) in [4.78, 5) is -0.0635. The zero-order chi connectivity index (χ0) is 9.14. The van der Waals surface area contributed by atoms with E-state index in [1.165, 1.54) is 0 Å². The van der Waals surface area contributed by atoms with Gasteiger partial charge >= 0.3 is 5.76 Å². The Bertz CT molecular complexity index is 283. The normalized spacial score (nSPS) is 13.3. The first-order valence-corrected chi connectivity index (χ1v) is 4.27. The van der Waals surface area contributed by atoms with E-state index in [0.717, 1.165) is 24.3 Å². The van der Waals surface area contributed by atoms with E-state index < -0.39 is 22.4 Å². The molecule has 0 aliphatic rings. The molecule has 0 amide bonds. The molecule has 5 heteroatoms. The van der Waals surface area contributed by atoms with Crippen LogP contribution in [0, 0.1) is 5.82 Å². The van der Waals surface area contributed by atoms with Gasteiger partial charge < -0.3 is 0 Å². The van der Waals surface area contributed by atoms with Gasteiger partial charge in [0.15, 0.2) is 0 Å². The van der Waals surface area contributed by atoms with Crippen LogP contribution in [0.1, 0.15) is 0 Å². The Morgan fingerprint density at radius 3 is 2.08 bits per heavy atom. The van der Waals surface area contributed by atoms with Gasteiger partial charge in [0.2, 0.25) is 0 Å². The van der Waals surface area contributed by atoms with Crippen molar-refractivity contribution in [3.8, 4) is 0 Å². The van der Waals surface area contributed by atoms with Crippen LogP contribution in [0.2, 0.25) is 0 Å². The van der Waals surface area contributed by atoms with Crippen molar-refractivity contribution >= 4 is 10.8 Å². The van der Waals surface area contributed by atoms with E-state index in [-0.39, 0.29) is 4.90 Å². The van der Waals surface area contributed by atoms with Crippen molar-refractivity contribution in [2.24, 2.45) is 0 Å². The van der Waals surface area contributed by atoms with Crippen LogP contribution >= 0.6 is 0 Å². The average molecular weight is 194 g/mol. The third-order valence-corrected chi connectivity index (χ3v) is 2.27. The lowest BCUT2D eigenvalue weighted by Gasteiger charge is -1.98. The number of rotatable bonds is 2. The van der Waals surface area contributed by atoms with Crippen LogP contribution in [0.5, 0.6) is 0 Å². The van der Waals surface area contributed by atoms with Gasteiger partial charge in [-0.3, -0.25) is 0 Å². The summed E-state index contributed by atoms with van der Waals surface area (Å²) < 4.78 is 46.6. The number of alkyl halides is 2. The fourth-order valence-corrected chi connectivity index (χ4v) is 1.28. The van der Waals surface area contributed by atoms with Crippen LogP contribution in [0.4, 0.5) is 13.2 Å². The van der Waals surface area contributed by atoms with Gasteiger partial charge in [-0.05, 0) is 24.3 Å². The molecule has 0 saturated carbocycles. The molecule has 0 saturated heterocycles. The van der Waals surface area contributed by atoms with Crippen LogP contribution in [-0.4, -0.2) is 9.97 Å². The predicted molar refractivity (Wildman–Crippen MR) is 38.8 cm³/mol. The van der Waals surface area contributed by atoms with Crippen molar-refractivity contribution in [3.63, 3.8) is 0 Å². The second-order valence-electron chi connectivity index (χ2n) is 2.01. The summed E-state index contributed by atoms with van der Waals surface area (Å²) in [5, 5.41) is 0. The Hall–Kier alpha value is -0.840. The van der Waals surface area contributed by atoms with Gasteiger partial charge in [0.25, 0.3) is 0 Å². The SMILES string of the molecule is O=S(c1ccc(F)cc1)C(F)F. The first-order valence-electron chi connectivity index (χ1n) is 3.05. The number of hydrogen-bond acceptors (Lipinski definition) is 1. The Morgan fingerprint density at radius 2 is 1.67 bits per heavy atom. The zero-order valence-electron chi connectivity index (χ0n) is 5.84. The molecule has 0 spiro atoms. The summed E-state index contributed by atoms with van der Waals surface area (Å²) >= 11 is 0. The first kappa shape index (κ1) is 9.25. The van der Waals surface area contributed by atoms with Crippen molar-refractivity contribution in [1.29, 1.82) is 0 Å². The molecule has 1 nitrogen and oxygen atoms in total. The first-order chi connectivity index (χ1) is 5.61. The quantitative estimate of drug-likeness (QED) is 0.705. The van der Waals surface area contributed by atoms with Crippen molar-refractivity contribution in [2.45, 2.75) is 10.7 Å². The highest BCUT2D eigenvalue weighted by Crippen LogP contribution is 2.13. The van der Waals surface area contributed by atoms with Crippen LogP contribution in [0.15, 0.2) is 29.2 Å². The van der Waals surface area contributed by atoms with Gasteiger partial charge in [-0.2, -0.15) is 8.78 Å². The summed E-state index contributed by atoms with van der Waals surface area (Å²) in [7, 11) is -2.34. The molecular weight excluding hydrogens is 189 g/mol. The van der Waals surface area contributed by atoms with Gasteiger partial charge in [-0.1, -0.05) is 0 Å². The molecule has 1 unspecified atom stereocenters. The zero-order valence-corrected chi connectivity index (χ0v) is 6.65. The highest BCUT2D eigenvalue weighted by molar-refractivity contribution is 7.85. The van der Waals surface area contributed by atoms with E-state index in [2.05, 4.69) is 0 Å². The highest BCUT2D eigenvalue weighted by Gasteiger charge is 2.14. The van der Waals surface area contributed by atoms with E-state index in [0.29, 0.717) is 0 Å². The van der Waals surface area contributed by atoms with E-state index in [1.54, 1.807) is 0 Å². The molecule has 1 aromatic carbocycles. The second kappa shape index (κ2) is 3.71.